The SMILES string of the molecule is CC=C(/C=C/CC)C(OC)OCC. The molecule has 0 N–H and O–H groups in total. The van der Waals surface area contributed by atoms with E-state index in [1.165, 1.54) is 0 Å². The maximum atomic E-state index is 5.40. The van der Waals surface area contributed by atoms with Gasteiger partial charge in [-0.2, -0.15) is 0 Å². The smallest absolute Gasteiger partial charge is 0.183 e. The molecule has 2 nitrogen and oxygen atoms in total. The molecule has 0 saturated heterocycles. The molecule has 0 heterocycles. The summed E-state index contributed by atoms with van der Waals surface area (Å²) in [6, 6.07) is 0. The second-order valence-corrected chi connectivity index (χ2v) is 2.62. The van der Waals surface area contributed by atoms with Crippen molar-refractivity contribution >= 4 is 0 Å². The van der Waals surface area contributed by atoms with E-state index in [9.17, 15) is 0 Å². The van der Waals surface area contributed by atoms with E-state index in [0.29, 0.717) is 6.61 Å². The number of rotatable bonds is 6. The van der Waals surface area contributed by atoms with Crippen LogP contribution in [0.25, 0.3) is 0 Å². The normalized spacial score (nSPS) is 15.2. The van der Waals surface area contributed by atoms with Crippen molar-refractivity contribution in [1.82, 2.24) is 0 Å². The zero-order chi connectivity index (χ0) is 10.1. The Morgan fingerprint density at radius 1 is 1.38 bits per heavy atom. The molecule has 0 amide bonds. The highest BCUT2D eigenvalue weighted by Crippen LogP contribution is 2.09. The van der Waals surface area contributed by atoms with E-state index in [0.717, 1.165) is 12.0 Å². The van der Waals surface area contributed by atoms with Crippen LogP contribution < -0.4 is 0 Å². The van der Waals surface area contributed by atoms with E-state index in [2.05, 4.69) is 13.0 Å². The van der Waals surface area contributed by atoms with Gasteiger partial charge in [0.15, 0.2) is 6.29 Å². The molecule has 0 saturated carbocycles. The number of allylic oxidation sites excluding steroid dienone is 2. The van der Waals surface area contributed by atoms with Crippen LogP contribution in [0.2, 0.25) is 0 Å². The van der Waals surface area contributed by atoms with Crippen molar-refractivity contribution < 1.29 is 9.47 Å². The highest BCUT2D eigenvalue weighted by Gasteiger charge is 2.08. The van der Waals surface area contributed by atoms with Crippen LogP contribution in [0.15, 0.2) is 23.8 Å². The van der Waals surface area contributed by atoms with E-state index in [-0.39, 0.29) is 6.29 Å². The van der Waals surface area contributed by atoms with Gasteiger partial charge in [0.05, 0.1) is 0 Å². The third kappa shape index (κ3) is 4.86. The molecule has 0 aromatic rings. The molecular weight excluding hydrogens is 164 g/mol. The Hall–Kier alpha value is -0.600. The Labute approximate surface area is 81.2 Å². The lowest BCUT2D eigenvalue weighted by molar-refractivity contribution is -0.0916. The standard InChI is InChI=1S/C11H20O2/c1-5-8-9-10(6-2)11(12-4)13-7-3/h6,8-9,11H,5,7H2,1-4H3/b9-8+,10-6?. The van der Waals surface area contributed by atoms with Crippen LogP contribution in [0, 0.1) is 0 Å². The quantitative estimate of drug-likeness (QED) is 0.467. The Kier molecular flexibility index (Phi) is 7.65. The molecule has 1 unspecified atom stereocenters. The Morgan fingerprint density at radius 3 is 2.46 bits per heavy atom. The van der Waals surface area contributed by atoms with Crippen molar-refractivity contribution in [2.24, 2.45) is 0 Å². The third-order valence-electron chi connectivity index (χ3n) is 1.68. The zero-order valence-corrected chi connectivity index (χ0v) is 9.04. The molecule has 13 heavy (non-hydrogen) atoms. The first-order valence-corrected chi connectivity index (χ1v) is 4.77. The second-order valence-electron chi connectivity index (χ2n) is 2.62. The maximum Gasteiger partial charge on any atom is 0.183 e. The lowest BCUT2D eigenvalue weighted by atomic mass is 10.2. The first-order valence-electron chi connectivity index (χ1n) is 4.77. The molecule has 76 valence electrons. The first-order chi connectivity index (χ1) is 6.29. The minimum absolute atomic E-state index is 0.224. The molecule has 1 atom stereocenters. The largest absolute Gasteiger partial charge is 0.352 e. The lowest BCUT2D eigenvalue weighted by Gasteiger charge is -2.15. The van der Waals surface area contributed by atoms with E-state index < -0.39 is 0 Å². The van der Waals surface area contributed by atoms with Crippen LogP contribution in [0.4, 0.5) is 0 Å². The number of hydrogen-bond donors (Lipinski definition) is 0. The summed E-state index contributed by atoms with van der Waals surface area (Å²) in [5.74, 6) is 0. The summed E-state index contributed by atoms with van der Waals surface area (Å²) in [6.45, 7) is 6.71. The summed E-state index contributed by atoms with van der Waals surface area (Å²) in [6.07, 6.45) is 6.96. The second kappa shape index (κ2) is 8.02. The van der Waals surface area contributed by atoms with Gasteiger partial charge in [-0.25, -0.2) is 0 Å². The molecule has 0 aromatic heterocycles. The fraction of sp³-hybridized carbons (Fsp3) is 0.636. The Morgan fingerprint density at radius 2 is 2.08 bits per heavy atom. The van der Waals surface area contributed by atoms with Crippen molar-refractivity contribution in [2.45, 2.75) is 33.5 Å². The van der Waals surface area contributed by atoms with Gasteiger partial charge in [0.25, 0.3) is 0 Å². The van der Waals surface area contributed by atoms with E-state index in [1.54, 1.807) is 7.11 Å². The molecule has 0 aliphatic rings. The van der Waals surface area contributed by atoms with E-state index >= 15 is 0 Å². The molecule has 0 aliphatic carbocycles. The summed E-state index contributed by atoms with van der Waals surface area (Å²) < 4.78 is 10.6. The monoisotopic (exact) mass is 184 g/mol. The van der Waals surface area contributed by atoms with E-state index in [4.69, 9.17) is 9.47 Å². The van der Waals surface area contributed by atoms with Gasteiger partial charge in [-0.1, -0.05) is 25.2 Å². The van der Waals surface area contributed by atoms with Crippen LogP contribution in [0.3, 0.4) is 0 Å². The van der Waals surface area contributed by atoms with Gasteiger partial charge in [-0.05, 0) is 20.3 Å². The molecule has 0 spiro atoms. The van der Waals surface area contributed by atoms with Crippen molar-refractivity contribution in [2.75, 3.05) is 13.7 Å². The molecule has 2 heteroatoms. The van der Waals surface area contributed by atoms with Crippen molar-refractivity contribution in [3.8, 4) is 0 Å². The topological polar surface area (TPSA) is 18.5 Å². The van der Waals surface area contributed by atoms with Gasteiger partial charge in [-0.15, -0.1) is 0 Å². The number of ether oxygens (including phenoxy) is 2. The van der Waals surface area contributed by atoms with Gasteiger partial charge in [0, 0.05) is 19.3 Å². The number of hydrogen-bond acceptors (Lipinski definition) is 2. The Bertz CT molecular complexity index is 171. The van der Waals surface area contributed by atoms with Gasteiger partial charge in [-0.3, -0.25) is 0 Å². The molecule has 0 aromatic carbocycles. The fourth-order valence-electron chi connectivity index (χ4n) is 1.02. The molecule has 0 fully saturated rings. The minimum atomic E-state index is -0.224. The van der Waals surface area contributed by atoms with Crippen molar-refractivity contribution in [3.63, 3.8) is 0 Å². The molecule has 0 radical (unpaired) electrons. The van der Waals surface area contributed by atoms with Crippen LogP contribution in [-0.4, -0.2) is 20.0 Å². The molecule has 0 rings (SSSR count). The predicted octanol–water partition coefficient (Wildman–Crippen LogP) is 2.91. The summed E-state index contributed by atoms with van der Waals surface area (Å²) in [5.41, 5.74) is 1.08. The number of methoxy groups -OCH3 is 1. The minimum Gasteiger partial charge on any atom is -0.352 e. The fourth-order valence-corrected chi connectivity index (χ4v) is 1.02. The highest BCUT2D eigenvalue weighted by molar-refractivity contribution is 5.20. The highest BCUT2D eigenvalue weighted by atomic mass is 16.7. The molecule has 0 bridgehead atoms. The van der Waals surface area contributed by atoms with Crippen LogP contribution in [-0.2, 0) is 9.47 Å². The van der Waals surface area contributed by atoms with Gasteiger partial charge >= 0.3 is 0 Å². The maximum absolute atomic E-state index is 5.40. The van der Waals surface area contributed by atoms with Gasteiger partial charge < -0.3 is 9.47 Å². The predicted molar refractivity (Wildman–Crippen MR) is 55.6 cm³/mol. The lowest BCUT2D eigenvalue weighted by Crippen LogP contribution is -2.16. The van der Waals surface area contributed by atoms with Crippen LogP contribution >= 0.6 is 0 Å². The summed E-state index contributed by atoms with van der Waals surface area (Å²) in [7, 11) is 1.66. The van der Waals surface area contributed by atoms with Gasteiger partial charge in [0.2, 0.25) is 0 Å². The zero-order valence-electron chi connectivity index (χ0n) is 9.04. The molecule has 0 aliphatic heterocycles. The Balaban J connectivity index is 4.26. The van der Waals surface area contributed by atoms with Crippen LogP contribution in [0.5, 0.6) is 0 Å². The van der Waals surface area contributed by atoms with Crippen molar-refractivity contribution in [3.05, 3.63) is 23.8 Å². The average molecular weight is 184 g/mol. The van der Waals surface area contributed by atoms with Crippen LogP contribution in [0.1, 0.15) is 27.2 Å². The third-order valence-corrected chi connectivity index (χ3v) is 1.68. The summed E-state index contributed by atoms with van der Waals surface area (Å²) in [4.78, 5) is 0. The van der Waals surface area contributed by atoms with Crippen molar-refractivity contribution in [1.29, 1.82) is 0 Å². The van der Waals surface area contributed by atoms with Gasteiger partial charge in [0.1, 0.15) is 0 Å². The summed E-state index contributed by atoms with van der Waals surface area (Å²) in [5, 5.41) is 0. The summed E-state index contributed by atoms with van der Waals surface area (Å²) >= 11 is 0. The average Bonchev–Trinajstić information content (AvgIpc) is 2.17. The molecular formula is C11H20O2. The van der Waals surface area contributed by atoms with E-state index in [1.807, 2.05) is 26.0 Å². The first kappa shape index (κ1) is 12.4.